The van der Waals surface area contributed by atoms with Crippen LogP contribution in [0.15, 0.2) is 18.2 Å². The second-order valence-corrected chi connectivity index (χ2v) is 5.63. The second-order valence-electron chi connectivity index (χ2n) is 5.63. The van der Waals surface area contributed by atoms with Crippen LogP contribution >= 0.6 is 0 Å². The van der Waals surface area contributed by atoms with Gasteiger partial charge in [-0.2, -0.15) is 0 Å². The summed E-state index contributed by atoms with van der Waals surface area (Å²) < 4.78 is 0. The van der Waals surface area contributed by atoms with E-state index in [0.717, 1.165) is 24.3 Å². The van der Waals surface area contributed by atoms with Gasteiger partial charge in [0.25, 0.3) is 0 Å². The highest BCUT2D eigenvalue weighted by atomic mass is 16.4. The van der Waals surface area contributed by atoms with Crippen LogP contribution in [0, 0.1) is 12.8 Å². The number of carboxylic acid groups (broad SMARTS) is 1. The molecule has 4 nitrogen and oxygen atoms in total. The smallest absolute Gasteiger partial charge is 0.336 e. The number of piperidine rings is 1. The van der Waals surface area contributed by atoms with E-state index in [4.69, 9.17) is 0 Å². The van der Waals surface area contributed by atoms with Crippen molar-refractivity contribution in [1.82, 2.24) is 5.32 Å². The Bertz CT molecular complexity index is 472. The van der Waals surface area contributed by atoms with Crippen molar-refractivity contribution in [3.8, 4) is 0 Å². The Morgan fingerprint density at radius 3 is 3.00 bits per heavy atom. The predicted molar refractivity (Wildman–Crippen MR) is 81.4 cm³/mol. The molecule has 2 atom stereocenters. The van der Waals surface area contributed by atoms with Crippen LogP contribution in [0.2, 0.25) is 0 Å². The third-order valence-electron chi connectivity index (χ3n) is 4.10. The molecule has 110 valence electrons. The first-order valence-corrected chi connectivity index (χ1v) is 7.43. The van der Waals surface area contributed by atoms with Crippen LogP contribution in [0.1, 0.15) is 42.1 Å². The molecule has 1 saturated heterocycles. The molecule has 1 aliphatic heterocycles. The first kappa shape index (κ1) is 14.9. The Balaban J connectivity index is 2.11. The Kier molecular flexibility index (Phi) is 5.01. The maximum absolute atomic E-state index is 11.2. The van der Waals surface area contributed by atoms with E-state index in [0.29, 0.717) is 17.5 Å². The monoisotopic (exact) mass is 276 g/mol. The van der Waals surface area contributed by atoms with Crippen molar-refractivity contribution in [1.29, 1.82) is 0 Å². The summed E-state index contributed by atoms with van der Waals surface area (Å²) in [7, 11) is 0. The summed E-state index contributed by atoms with van der Waals surface area (Å²) in [6.07, 6.45) is 3.59. The normalized spacial score (nSPS) is 22.5. The van der Waals surface area contributed by atoms with Crippen LogP contribution in [-0.2, 0) is 0 Å². The molecule has 3 N–H and O–H groups in total. The molecule has 0 aromatic heterocycles. The van der Waals surface area contributed by atoms with Crippen molar-refractivity contribution in [2.75, 3.05) is 18.4 Å². The predicted octanol–water partition coefficient (Wildman–Crippen LogP) is 2.88. The van der Waals surface area contributed by atoms with Crippen LogP contribution in [0.5, 0.6) is 0 Å². The van der Waals surface area contributed by atoms with Gasteiger partial charge in [0.05, 0.1) is 5.56 Å². The number of hydrogen-bond donors (Lipinski definition) is 3. The third-order valence-corrected chi connectivity index (χ3v) is 4.10. The van der Waals surface area contributed by atoms with E-state index in [2.05, 4.69) is 17.6 Å². The van der Waals surface area contributed by atoms with Gasteiger partial charge >= 0.3 is 5.97 Å². The number of benzene rings is 1. The second kappa shape index (κ2) is 6.75. The van der Waals surface area contributed by atoms with Crippen LogP contribution in [0.3, 0.4) is 0 Å². The number of aromatic carboxylic acids is 1. The van der Waals surface area contributed by atoms with Gasteiger partial charge < -0.3 is 15.7 Å². The minimum atomic E-state index is -0.863. The first-order valence-electron chi connectivity index (χ1n) is 7.43. The van der Waals surface area contributed by atoms with Crippen molar-refractivity contribution in [3.05, 3.63) is 29.3 Å². The molecule has 0 saturated carbocycles. The maximum Gasteiger partial charge on any atom is 0.336 e. The number of nitrogens with one attached hydrogen (secondary N) is 2. The van der Waals surface area contributed by atoms with E-state index in [1.54, 1.807) is 6.07 Å². The molecule has 1 aromatic rings. The van der Waals surface area contributed by atoms with E-state index in [-0.39, 0.29) is 0 Å². The summed E-state index contributed by atoms with van der Waals surface area (Å²) in [5, 5.41) is 16.1. The van der Waals surface area contributed by atoms with Crippen molar-refractivity contribution in [3.63, 3.8) is 0 Å². The molecule has 2 rings (SSSR count). The Labute approximate surface area is 120 Å². The number of aryl methyl sites for hydroxylation is 1. The molecule has 1 fully saturated rings. The summed E-state index contributed by atoms with van der Waals surface area (Å²) in [6, 6.07) is 5.97. The number of carbonyl (C=O) groups is 1. The fourth-order valence-electron chi connectivity index (χ4n) is 2.95. The van der Waals surface area contributed by atoms with Crippen molar-refractivity contribution >= 4 is 11.7 Å². The minimum Gasteiger partial charge on any atom is -0.478 e. The van der Waals surface area contributed by atoms with Crippen molar-refractivity contribution in [2.45, 2.75) is 39.2 Å². The summed E-state index contributed by atoms with van der Waals surface area (Å²) >= 11 is 0. The number of rotatable bonds is 5. The average Bonchev–Trinajstić information content (AvgIpc) is 2.43. The SMILES string of the molecule is CCCC1CCNCC1Nc1ccc(C)c(C(=O)O)c1. The zero-order chi connectivity index (χ0) is 14.5. The van der Waals surface area contributed by atoms with Gasteiger partial charge in [-0.1, -0.05) is 19.4 Å². The minimum absolute atomic E-state index is 0.380. The van der Waals surface area contributed by atoms with Gasteiger partial charge in [-0.3, -0.25) is 0 Å². The summed E-state index contributed by atoms with van der Waals surface area (Å²) in [6.45, 7) is 6.07. The summed E-state index contributed by atoms with van der Waals surface area (Å²) in [4.78, 5) is 11.2. The highest BCUT2D eigenvalue weighted by Crippen LogP contribution is 2.23. The third kappa shape index (κ3) is 3.51. The van der Waals surface area contributed by atoms with Gasteiger partial charge in [0, 0.05) is 18.3 Å². The Morgan fingerprint density at radius 1 is 1.50 bits per heavy atom. The van der Waals surface area contributed by atoms with Crippen molar-refractivity contribution < 1.29 is 9.90 Å². The summed E-state index contributed by atoms with van der Waals surface area (Å²) in [5.41, 5.74) is 2.09. The number of carboxylic acids is 1. The molecular formula is C16H24N2O2. The Hall–Kier alpha value is -1.55. The number of hydrogen-bond acceptors (Lipinski definition) is 3. The lowest BCUT2D eigenvalue weighted by Gasteiger charge is -2.33. The topological polar surface area (TPSA) is 61.4 Å². The van der Waals surface area contributed by atoms with Crippen LogP contribution in [-0.4, -0.2) is 30.2 Å². The van der Waals surface area contributed by atoms with Gasteiger partial charge in [-0.15, -0.1) is 0 Å². The lowest BCUT2D eigenvalue weighted by atomic mass is 9.88. The van der Waals surface area contributed by atoms with Crippen LogP contribution in [0.4, 0.5) is 5.69 Å². The molecule has 0 amide bonds. The highest BCUT2D eigenvalue weighted by molar-refractivity contribution is 5.90. The largest absolute Gasteiger partial charge is 0.478 e. The van der Waals surface area contributed by atoms with Gasteiger partial charge in [0.1, 0.15) is 0 Å². The molecule has 0 spiro atoms. The lowest BCUT2D eigenvalue weighted by molar-refractivity contribution is 0.0696. The average molecular weight is 276 g/mol. The van der Waals surface area contributed by atoms with Crippen molar-refractivity contribution in [2.24, 2.45) is 5.92 Å². The standard InChI is InChI=1S/C16H24N2O2/c1-3-4-12-7-8-17-10-15(12)18-13-6-5-11(2)14(9-13)16(19)20/h5-6,9,12,15,17-18H,3-4,7-8,10H2,1-2H3,(H,19,20). The van der Waals surface area contributed by atoms with Gasteiger partial charge in [-0.25, -0.2) is 4.79 Å². The van der Waals surface area contributed by atoms with E-state index in [1.807, 2.05) is 19.1 Å². The van der Waals surface area contributed by atoms with Crippen LogP contribution in [0.25, 0.3) is 0 Å². The molecule has 2 unspecified atom stereocenters. The first-order chi connectivity index (χ1) is 9.61. The molecular weight excluding hydrogens is 252 g/mol. The lowest BCUT2D eigenvalue weighted by Crippen LogP contribution is -2.45. The van der Waals surface area contributed by atoms with E-state index in [1.165, 1.54) is 19.3 Å². The van der Waals surface area contributed by atoms with Crippen LogP contribution < -0.4 is 10.6 Å². The number of anilines is 1. The fourth-order valence-corrected chi connectivity index (χ4v) is 2.95. The quantitative estimate of drug-likeness (QED) is 0.774. The van der Waals surface area contributed by atoms with Gasteiger partial charge in [-0.05, 0) is 49.9 Å². The van der Waals surface area contributed by atoms with Gasteiger partial charge in [0.2, 0.25) is 0 Å². The molecule has 1 aromatic carbocycles. The molecule has 20 heavy (non-hydrogen) atoms. The molecule has 0 radical (unpaired) electrons. The zero-order valence-electron chi connectivity index (χ0n) is 12.3. The Morgan fingerprint density at radius 2 is 2.30 bits per heavy atom. The molecule has 0 bridgehead atoms. The summed E-state index contributed by atoms with van der Waals surface area (Å²) in [5.74, 6) is -0.200. The van der Waals surface area contributed by atoms with Gasteiger partial charge in [0.15, 0.2) is 0 Å². The zero-order valence-corrected chi connectivity index (χ0v) is 12.3. The van der Waals surface area contributed by atoms with E-state index < -0.39 is 5.97 Å². The van der Waals surface area contributed by atoms with E-state index >= 15 is 0 Å². The highest BCUT2D eigenvalue weighted by Gasteiger charge is 2.24. The molecule has 0 aliphatic carbocycles. The maximum atomic E-state index is 11.2. The van der Waals surface area contributed by atoms with E-state index in [9.17, 15) is 9.90 Å². The molecule has 1 heterocycles. The molecule has 1 aliphatic rings. The molecule has 4 heteroatoms. The fraction of sp³-hybridized carbons (Fsp3) is 0.562.